The molecule has 0 aliphatic heterocycles. The zero-order valence-corrected chi connectivity index (χ0v) is 14.1. The molecule has 0 heterocycles. The Hall–Kier alpha value is -3.27. The number of Topliss-reactive ketones (excluding diaryl/α,β-unsaturated/α-hetero) is 1. The van der Waals surface area contributed by atoms with E-state index in [2.05, 4.69) is 5.18 Å². The van der Waals surface area contributed by atoms with Crippen LogP contribution in [0.5, 0.6) is 0 Å². The van der Waals surface area contributed by atoms with Gasteiger partial charge in [-0.3, -0.25) is 4.79 Å². The topological polar surface area (TPSA) is 49.7 Å². The summed E-state index contributed by atoms with van der Waals surface area (Å²) in [6, 6.07) is 22.5. The highest BCUT2D eigenvalue weighted by Gasteiger charge is 2.16. The number of hydrogen-bond donors (Lipinski definition) is 0. The monoisotopic (exact) mass is 330 g/mol. The minimum atomic E-state index is 0.0170. The summed E-state index contributed by atoms with van der Waals surface area (Å²) in [5, 5.41) is 3.16. The average Bonchev–Trinajstić information content (AvgIpc) is 2.64. The second kappa shape index (κ2) is 7.09. The number of hydrogen-bond acceptors (Lipinski definition) is 4. The summed E-state index contributed by atoms with van der Waals surface area (Å²) in [4.78, 5) is 24.8. The maximum absolute atomic E-state index is 11.5. The SMILES string of the molecule is CC(=O)c1ccc(N(c2ccc(C)cc2)c2ccccc2N=O)cc1. The molecule has 124 valence electrons. The summed E-state index contributed by atoms with van der Waals surface area (Å²) >= 11 is 0. The molecule has 25 heavy (non-hydrogen) atoms. The molecule has 3 rings (SSSR count). The molecule has 3 aromatic rings. The largest absolute Gasteiger partial charge is 0.308 e. The van der Waals surface area contributed by atoms with Crippen LogP contribution in [0.1, 0.15) is 22.8 Å². The van der Waals surface area contributed by atoms with Crippen LogP contribution in [0.15, 0.2) is 78.0 Å². The first-order chi connectivity index (χ1) is 12.1. The molecule has 0 aromatic heterocycles. The molecule has 0 bridgehead atoms. The van der Waals surface area contributed by atoms with Crippen molar-refractivity contribution in [2.24, 2.45) is 5.18 Å². The number of aryl methyl sites for hydroxylation is 1. The maximum Gasteiger partial charge on any atom is 0.159 e. The normalized spacial score (nSPS) is 10.3. The van der Waals surface area contributed by atoms with E-state index >= 15 is 0 Å². The molecule has 3 aromatic carbocycles. The van der Waals surface area contributed by atoms with Gasteiger partial charge >= 0.3 is 0 Å². The minimum absolute atomic E-state index is 0.0170. The highest BCUT2D eigenvalue weighted by Crippen LogP contribution is 2.39. The quantitative estimate of drug-likeness (QED) is 0.421. The number of nitroso groups, excluding NO2 is 1. The van der Waals surface area contributed by atoms with Gasteiger partial charge in [0, 0.05) is 16.9 Å². The van der Waals surface area contributed by atoms with Crippen molar-refractivity contribution < 1.29 is 4.79 Å². The maximum atomic E-state index is 11.5. The Balaban J connectivity index is 2.16. The molecule has 4 heteroatoms. The van der Waals surface area contributed by atoms with Crippen LogP contribution in [0, 0.1) is 11.8 Å². The Morgan fingerprint density at radius 2 is 1.40 bits per heavy atom. The predicted octanol–water partition coefficient (Wildman–Crippen LogP) is 6.07. The molecule has 0 fully saturated rings. The van der Waals surface area contributed by atoms with Crippen LogP contribution in [-0.4, -0.2) is 5.78 Å². The average molecular weight is 330 g/mol. The number of carbonyl (C=O) groups excluding carboxylic acids is 1. The van der Waals surface area contributed by atoms with Crippen LogP contribution in [0.4, 0.5) is 22.7 Å². The van der Waals surface area contributed by atoms with Crippen molar-refractivity contribution in [1.29, 1.82) is 0 Å². The van der Waals surface area contributed by atoms with Gasteiger partial charge in [-0.1, -0.05) is 29.8 Å². The molecule has 0 saturated carbocycles. The third-order valence-electron chi connectivity index (χ3n) is 4.05. The standard InChI is InChI=1S/C21H18N2O2/c1-15-7-11-18(12-8-15)23(21-6-4-3-5-20(21)22-25)19-13-9-17(10-14-19)16(2)24/h3-14H,1-2H3. The zero-order valence-electron chi connectivity index (χ0n) is 14.1. The number of carbonyl (C=O) groups is 1. The van der Waals surface area contributed by atoms with Gasteiger partial charge in [-0.25, -0.2) is 0 Å². The lowest BCUT2D eigenvalue weighted by molar-refractivity contribution is 0.101. The smallest absolute Gasteiger partial charge is 0.159 e. The van der Waals surface area contributed by atoms with E-state index in [0.717, 1.165) is 16.9 Å². The predicted molar refractivity (Wildman–Crippen MR) is 101 cm³/mol. The fourth-order valence-electron chi connectivity index (χ4n) is 2.70. The molecule has 0 amide bonds. The third kappa shape index (κ3) is 3.48. The van der Waals surface area contributed by atoms with E-state index in [0.29, 0.717) is 16.9 Å². The van der Waals surface area contributed by atoms with Gasteiger partial charge in [-0.2, -0.15) is 0 Å². The van der Waals surface area contributed by atoms with Crippen molar-refractivity contribution in [2.45, 2.75) is 13.8 Å². The van der Waals surface area contributed by atoms with Crippen molar-refractivity contribution in [2.75, 3.05) is 4.90 Å². The van der Waals surface area contributed by atoms with Crippen molar-refractivity contribution in [1.82, 2.24) is 0 Å². The Labute approximate surface area is 146 Å². The van der Waals surface area contributed by atoms with Gasteiger partial charge in [-0.15, -0.1) is 4.91 Å². The number of benzene rings is 3. The molecule has 0 radical (unpaired) electrons. The highest BCUT2D eigenvalue weighted by molar-refractivity contribution is 5.95. The summed E-state index contributed by atoms with van der Waals surface area (Å²) in [6.45, 7) is 3.56. The van der Waals surface area contributed by atoms with E-state index in [4.69, 9.17) is 0 Å². The Bertz CT molecular complexity index is 900. The number of ketones is 1. The number of anilines is 3. The van der Waals surface area contributed by atoms with Gasteiger partial charge in [0.25, 0.3) is 0 Å². The minimum Gasteiger partial charge on any atom is -0.308 e. The number of para-hydroxylation sites is 1. The lowest BCUT2D eigenvalue weighted by Gasteiger charge is -2.26. The molecule has 0 atom stereocenters. The van der Waals surface area contributed by atoms with Crippen molar-refractivity contribution in [3.8, 4) is 0 Å². The Morgan fingerprint density at radius 1 is 0.840 bits per heavy atom. The first-order valence-corrected chi connectivity index (χ1v) is 8.00. The first-order valence-electron chi connectivity index (χ1n) is 8.00. The summed E-state index contributed by atoms with van der Waals surface area (Å²) < 4.78 is 0. The third-order valence-corrected chi connectivity index (χ3v) is 4.05. The van der Waals surface area contributed by atoms with Crippen LogP contribution in [0.2, 0.25) is 0 Å². The van der Waals surface area contributed by atoms with E-state index in [-0.39, 0.29) is 5.78 Å². The van der Waals surface area contributed by atoms with E-state index in [9.17, 15) is 9.70 Å². The van der Waals surface area contributed by atoms with E-state index in [1.165, 1.54) is 0 Å². The van der Waals surface area contributed by atoms with Gasteiger partial charge in [0.05, 0.1) is 5.69 Å². The summed E-state index contributed by atoms with van der Waals surface area (Å²) in [6.07, 6.45) is 0. The van der Waals surface area contributed by atoms with Gasteiger partial charge in [-0.05, 0) is 67.6 Å². The Kier molecular flexibility index (Phi) is 4.70. The van der Waals surface area contributed by atoms with Gasteiger partial charge in [0.2, 0.25) is 0 Å². The van der Waals surface area contributed by atoms with Gasteiger partial charge in [0.15, 0.2) is 5.78 Å². The van der Waals surface area contributed by atoms with Crippen LogP contribution in [0.25, 0.3) is 0 Å². The summed E-state index contributed by atoms with van der Waals surface area (Å²) in [5.74, 6) is 0.0170. The Morgan fingerprint density at radius 3 is 1.96 bits per heavy atom. The summed E-state index contributed by atoms with van der Waals surface area (Å²) in [5.41, 5.74) is 4.62. The highest BCUT2D eigenvalue weighted by atomic mass is 16.3. The lowest BCUT2D eigenvalue weighted by Crippen LogP contribution is -2.10. The second-order valence-electron chi connectivity index (χ2n) is 5.85. The molecule has 0 spiro atoms. The zero-order chi connectivity index (χ0) is 17.8. The molecule has 4 nitrogen and oxygen atoms in total. The van der Waals surface area contributed by atoms with E-state index in [1.807, 2.05) is 60.4 Å². The van der Waals surface area contributed by atoms with Crippen LogP contribution >= 0.6 is 0 Å². The van der Waals surface area contributed by atoms with Gasteiger partial charge < -0.3 is 4.90 Å². The molecule has 0 N–H and O–H groups in total. The molecular weight excluding hydrogens is 312 g/mol. The molecular formula is C21H18N2O2. The van der Waals surface area contributed by atoms with E-state index in [1.54, 1.807) is 31.2 Å². The van der Waals surface area contributed by atoms with Crippen molar-refractivity contribution >= 4 is 28.5 Å². The number of rotatable bonds is 5. The second-order valence-corrected chi connectivity index (χ2v) is 5.85. The lowest BCUT2D eigenvalue weighted by atomic mass is 10.1. The molecule has 0 aliphatic rings. The van der Waals surface area contributed by atoms with Crippen molar-refractivity contribution in [3.63, 3.8) is 0 Å². The molecule has 0 unspecified atom stereocenters. The molecule has 0 saturated heterocycles. The first kappa shape index (κ1) is 16.6. The van der Waals surface area contributed by atoms with Crippen molar-refractivity contribution in [3.05, 3.63) is 88.8 Å². The van der Waals surface area contributed by atoms with Crippen LogP contribution < -0.4 is 4.90 Å². The summed E-state index contributed by atoms with van der Waals surface area (Å²) in [7, 11) is 0. The van der Waals surface area contributed by atoms with Crippen LogP contribution in [0.3, 0.4) is 0 Å². The fraction of sp³-hybridized carbons (Fsp3) is 0.0952. The number of nitrogens with zero attached hydrogens (tertiary/aromatic N) is 2. The fourth-order valence-corrected chi connectivity index (χ4v) is 2.70. The van der Waals surface area contributed by atoms with E-state index < -0.39 is 0 Å². The van der Waals surface area contributed by atoms with Gasteiger partial charge in [0.1, 0.15) is 5.69 Å². The molecule has 0 aliphatic carbocycles. The van der Waals surface area contributed by atoms with Crippen LogP contribution in [-0.2, 0) is 0 Å².